The van der Waals surface area contributed by atoms with Crippen LogP contribution in [0.2, 0.25) is 0 Å². The molecule has 0 bridgehead atoms. The Hall–Kier alpha value is -2.48. The summed E-state index contributed by atoms with van der Waals surface area (Å²) < 4.78 is 30.1. The third-order valence-electron chi connectivity index (χ3n) is 7.12. The van der Waals surface area contributed by atoms with Crippen molar-refractivity contribution in [3.05, 3.63) is 83.4 Å². The summed E-state index contributed by atoms with van der Waals surface area (Å²) in [5.41, 5.74) is 5.17. The molecule has 2 heteroatoms. The van der Waals surface area contributed by atoms with E-state index >= 15 is 8.78 Å². The van der Waals surface area contributed by atoms with E-state index in [2.05, 4.69) is 38.1 Å². The van der Waals surface area contributed by atoms with Crippen LogP contribution in [-0.2, 0) is 6.42 Å². The molecule has 0 aromatic heterocycles. The zero-order valence-electron chi connectivity index (χ0n) is 19.3. The molecule has 0 amide bonds. The molecule has 0 aliphatic heterocycles. The van der Waals surface area contributed by atoms with E-state index in [0.717, 1.165) is 55.6 Å². The van der Waals surface area contributed by atoms with Crippen molar-refractivity contribution in [3.8, 4) is 22.3 Å². The van der Waals surface area contributed by atoms with Gasteiger partial charge in [-0.05, 0) is 71.8 Å². The molecule has 0 radical (unpaired) electrons. The third kappa shape index (κ3) is 4.95. The molecule has 0 N–H and O–H groups in total. The molecule has 168 valence electrons. The van der Waals surface area contributed by atoms with Crippen molar-refractivity contribution in [2.45, 2.75) is 71.1 Å². The molecule has 1 aliphatic carbocycles. The molecular formula is C30H34F2. The molecular weight excluding hydrogens is 398 g/mol. The summed E-state index contributed by atoms with van der Waals surface area (Å²) in [5.74, 6) is -0.471. The van der Waals surface area contributed by atoms with Gasteiger partial charge in [0.05, 0.1) is 0 Å². The van der Waals surface area contributed by atoms with Crippen molar-refractivity contribution in [2.75, 3.05) is 0 Å². The van der Waals surface area contributed by atoms with Crippen LogP contribution in [0.4, 0.5) is 8.78 Å². The van der Waals surface area contributed by atoms with Gasteiger partial charge >= 0.3 is 0 Å². The molecule has 0 atom stereocenters. The highest BCUT2D eigenvalue weighted by Crippen LogP contribution is 2.40. The van der Waals surface area contributed by atoms with Gasteiger partial charge in [-0.25, -0.2) is 8.78 Å². The topological polar surface area (TPSA) is 0 Å². The molecule has 0 saturated heterocycles. The maximum atomic E-state index is 15.1. The first-order chi connectivity index (χ1) is 15.6. The highest BCUT2D eigenvalue weighted by atomic mass is 19.2. The minimum absolute atomic E-state index is 0.143. The van der Waals surface area contributed by atoms with Crippen molar-refractivity contribution in [3.63, 3.8) is 0 Å². The van der Waals surface area contributed by atoms with Gasteiger partial charge in [0.15, 0.2) is 11.6 Å². The quantitative estimate of drug-likeness (QED) is 0.349. The lowest BCUT2D eigenvalue weighted by Gasteiger charge is -2.29. The Morgan fingerprint density at radius 2 is 1.25 bits per heavy atom. The fourth-order valence-electron chi connectivity index (χ4n) is 5.27. The van der Waals surface area contributed by atoms with Crippen LogP contribution in [0.15, 0.2) is 60.7 Å². The van der Waals surface area contributed by atoms with Gasteiger partial charge < -0.3 is 0 Å². The second-order valence-electron chi connectivity index (χ2n) is 9.36. The van der Waals surface area contributed by atoms with Crippen LogP contribution < -0.4 is 0 Å². The first-order valence-corrected chi connectivity index (χ1v) is 12.3. The van der Waals surface area contributed by atoms with E-state index in [0.29, 0.717) is 16.7 Å². The van der Waals surface area contributed by atoms with Crippen molar-refractivity contribution in [1.82, 2.24) is 0 Å². The molecule has 0 heterocycles. The Morgan fingerprint density at radius 3 is 1.84 bits per heavy atom. The molecule has 4 rings (SSSR count). The number of aryl methyl sites for hydroxylation is 1. The Balaban J connectivity index is 1.51. The SMILES string of the molecule is CCCc1ccc(-c2ccc(-c3ccc(C4CCC(CCC)CC4)c(F)c3F)cc2)cc1. The predicted octanol–water partition coefficient (Wildman–Crippen LogP) is 9.33. The minimum atomic E-state index is -0.713. The maximum Gasteiger partial charge on any atom is 0.166 e. The molecule has 1 fully saturated rings. The lowest BCUT2D eigenvalue weighted by atomic mass is 9.77. The van der Waals surface area contributed by atoms with Gasteiger partial charge in [0.1, 0.15) is 0 Å². The highest BCUT2D eigenvalue weighted by Gasteiger charge is 2.26. The maximum absolute atomic E-state index is 15.1. The fraction of sp³-hybridized carbons (Fsp3) is 0.400. The Labute approximate surface area is 191 Å². The molecule has 0 spiro atoms. The molecule has 3 aromatic rings. The molecule has 1 saturated carbocycles. The minimum Gasteiger partial charge on any atom is -0.203 e. The van der Waals surface area contributed by atoms with Crippen LogP contribution in [0.5, 0.6) is 0 Å². The van der Waals surface area contributed by atoms with Crippen LogP contribution in [0, 0.1) is 17.6 Å². The first kappa shape index (κ1) is 22.7. The second-order valence-corrected chi connectivity index (χ2v) is 9.36. The molecule has 0 nitrogen and oxygen atoms in total. The monoisotopic (exact) mass is 432 g/mol. The average Bonchev–Trinajstić information content (AvgIpc) is 2.83. The summed E-state index contributed by atoms with van der Waals surface area (Å²) in [4.78, 5) is 0. The first-order valence-electron chi connectivity index (χ1n) is 12.3. The summed E-state index contributed by atoms with van der Waals surface area (Å²) >= 11 is 0. The summed E-state index contributed by atoms with van der Waals surface area (Å²) in [6.07, 6.45) is 8.86. The van der Waals surface area contributed by atoms with Gasteiger partial charge in [-0.1, -0.05) is 93.8 Å². The predicted molar refractivity (Wildman–Crippen MR) is 131 cm³/mol. The van der Waals surface area contributed by atoms with Crippen molar-refractivity contribution in [2.24, 2.45) is 5.92 Å². The Bertz CT molecular complexity index is 1010. The summed E-state index contributed by atoms with van der Waals surface area (Å²) in [6, 6.07) is 19.9. The van der Waals surface area contributed by atoms with Gasteiger partial charge in [0.2, 0.25) is 0 Å². The smallest absolute Gasteiger partial charge is 0.166 e. The molecule has 0 unspecified atom stereocenters. The van der Waals surface area contributed by atoms with Crippen LogP contribution in [0.3, 0.4) is 0 Å². The Kier molecular flexibility index (Phi) is 7.40. The lowest BCUT2D eigenvalue weighted by Crippen LogP contribution is -2.14. The van der Waals surface area contributed by atoms with Crippen molar-refractivity contribution >= 4 is 0 Å². The summed E-state index contributed by atoms with van der Waals surface area (Å²) in [6.45, 7) is 4.40. The lowest BCUT2D eigenvalue weighted by molar-refractivity contribution is 0.303. The number of halogens is 2. The molecule has 1 aliphatic rings. The number of rotatable bonds is 7. The fourth-order valence-corrected chi connectivity index (χ4v) is 5.27. The number of hydrogen-bond donors (Lipinski definition) is 0. The van der Waals surface area contributed by atoms with E-state index < -0.39 is 11.6 Å². The van der Waals surface area contributed by atoms with E-state index in [-0.39, 0.29) is 5.92 Å². The van der Waals surface area contributed by atoms with Crippen LogP contribution in [-0.4, -0.2) is 0 Å². The van der Waals surface area contributed by atoms with E-state index in [4.69, 9.17) is 0 Å². The summed E-state index contributed by atoms with van der Waals surface area (Å²) in [7, 11) is 0. The summed E-state index contributed by atoms with van der Waals surface area (Å²) in [5, 5.41) is 0. The van der Waals surface area contributed by atoms with Gasteiger partial charge in [0, 0.05) is 5.56 Å². The van der Waals surface area contributed by atoms with E-state index in [1.165, 1.54) is 18.4 Å². The van der Waals surface area contributed by atoms with Gasteiger partial charge in [0.25, 0.3) is 0 Å². The molecule has 3 aromatic carbocycles. The normalized spacial score (nSPS) is 18.6. The second kappa shape index (κ2) is 10.4. The molecule has 32 heavy (non-hydrogen) atoms. The van der Waals surface area contributed by atoms with Crippen molar-refractivity contribution < 1.29 is 8.78 Å². The van der Waals surface area contributed by atoms with Crippen molar-refractivity contribution in [1.29, 1.82) is 0 Å². The largest absolute Gasteiger partial charge is 0.203 e. The number of hydrogen-bond acceptors (Lipinski definition) is 0. The third-order valence-corrected chi connectivity index (χ3v) is 7.12. The van der Waals surface area contributed by atoms with Crippen LogP contribution >= 0.6 is 0 Å². The van der Waals surface area contributed by atoms with Crippen LogP contribution in [0.1, 0.15) is 75.8 Å². The highest BCUT2D eigenvalue weighted by molar-refractivity contribution is 5.71. The average molecular weight is 433 g/mol. The van der Waals surface area contributed by atoms with E-state index in [1.54, 1.807) is 6.07 Å². The van der Waals surface area contributed by atoms with Crippen LogP contribution in [0.25, 0.3) is 22.3 Å². The van der Waals surface area contributed by atoms with Gasteiger partial charge in [-0.15, -0.1) is 0 Å². The van der Waals surface area contributed by atoms with E-state index in [1.807, 2.05) is 30.3 Å². The van der Waals surface area contributed by atoms with Gasteiger partial charge in [-0.3, -0.25) is 0 Å². The van der Waals surface area contributed by atoms with Gasteiger partial charge in [-0.2, -0.15) is 0 Å². The zero-order chi connectivity index (χ0) is 22.5. The number of benzene rings is 3. The zero-order valence-corrected chi connectivity index (χ0v) is 19.3. The standard InChI is InChI=1S/C30H34F2/c1-3-5-21-7-11-23(12-8-21)24-15-17-26(18-16-24)28-20-19-27(29(31)30(28)32)25-13-9-22(6-4-2)10-14-25/h7-8,11-12,15-20,22,25H,3-6,9-10,13-14H2,1-2H3. The van der Waals surface area contributed by atoms with E-state index in [9.17, 15) is 0 Å². The Morgan fingerprint density at radius 1 is 0.656 bits per heavy atom.